The number of carbonyl (C=O) groups excluding carboxylic acids is 2. The lowest BCUT2D eigenvalue weighted by atomic mass is 9.87. The van der Waals surface area contributed by atoms with E-state index in [-0.39, 0.29) is 6.42 Å². The molecular weight excluding hydrogens is 178 g/mol. The number of hydrogen-bond acceptors (Lipinski definition) is 5. The predicted molar refractivity (Wildman–Crippen MR) is 42.8 cm³/mol. The van der Waals surface area contributed by atoms with Crippen molar-refractivity contribution in [3.63, 3.8) is 0 Å². The van der Waals surface area contributed by atoms with Gasteiger partial charge in [-0.2, -0.15) is 0 Å². The van der Waals surface area contributed by atoms with Crippen LogP contribution in [-0.2, 0) is 9.59 Å². The number of hydrogen-bond donors (Lipinski definition) is 5. The lowest BCUT2D eigenvalue weighted by Gasteiger charge is -2.34. The Labute approximate surface area is 74.5 Å². The van der Waals surface area contributed by atoms with Crippen LogP contribution in [-0.4, -0.2) is 33.4 Å². The van der Waals surface area contributed by atoms with Crippen LogP contribution in [0.4, 0.5) is 0 Å². The zero-order chi connectivity index (χ0) is 10.9. The fraction of sp³-hybridized carbons (Fsp3) is 0.667. The minimum absolute atomic E-state index is 0.321. The first-order valence-electron chi connectivity index (χ1n) is 3.53. The van der Waals surface area contributed by atoms with E-state index in [1.807, 2.05) is 0 Å². The second kappa shape index (κ2) is 3.29. The van der Waals surface area contributed by atoms with Crippen molar-refractivity contribution in [2.45, 2.75) is 24.7 Å². The van der Waals surface area contributed by atoms with Gasteiger partial charge in [0, 0.05) is 0 Å². The Morgan fingerprint density at radius 2 is 1.62 bits per heavy atom. The van der Waals surface area contributed by atoms with E-state index in [9.17, 15) is 19.8 Å². The first-order valence-corrected chi connectivity index (χ1v) is 3.53. The number of rotatable bonds is 4. The van der Waals surface area contributed by atoms with E-state index in [0.717, 1.165) is 0 Å². The molecule has 2 unspecified atom stereocenters. The highest BCUT2D eigenvalue weighted by Gasteiger charge is 2.54. The van der Waals surface area contributed by atoms with E-state index in [1.165, 1.54) is 6.92 Å². The van der Waals surface area contributed by atoms with Crippen LogP contribution in [0, 0.1) is 0 Å². The minimum Gasteiger partial charge on any atom is -0.376 e. The van der Waals surface area contributed by atoms with Crippen LogP contribution < -0.4 is 17.2 Å². The summed E-state index contributed by atoms with van der Waals surface area (Å²) >= 11 is 0. The van der Waals surface area contributed by atoms with E-state index in [0.29, 0.717) is 0 Å². The summed E-state index contributed by atoms with van der Waals surface area (Å²) < 4.78 is 0. The molecule has 2 atom stereocenters. The van der Waals surface area contributed by atoms with Gasteiger partial charge in [0.2, 0.25) is 5.72 Å². The van der Waals surface area contributed by atoms with Crippen LogP contribution >= 0.6 is 0 Å². The zero-order valence-corrected chi connectivity index (χ0v) is 7.15. The van der Waals surface area contributed by atoms with Crippen molar-refractivity contribution >= 4 is 11.8 Å². The fourth-order valence-corrected chi connectivity index (χ4v) is 0.835. The van der Waals surface area contributed by atoms with Crippen molar-refractivity contribution in [3.05, 3.63) is 0 Å². The molecule has 0 aromatic rings. The van der Waals surface area contributed by atoms with Crippen LogP contribution in [0.3, 0.4) is 0 Å². The molecule has 0 aliphatic heterocycles. The normalized spacial score (nSPS) is 20.0. The molecule has 0 saturated carbocycles. The summed E-state index contributed by atoms with van der Waals surface area (Å²) in [4.78, 5) is 21.3. The Kier molecular flexibility index (Phi) is 2.99. The number of primary amides is 2. The van der Waals surface area contributed by atoms with Gasteiger partial charge < -0.3 is 21.7 Å². The van der Waals surface area contributed by atoms with Gasteiger partial charge in [-0.15, -0.1) is 0 Å². The number of amides is 2. The van der Waals surface area contributed by atoms with Gasteiger partial charge in [0.15, 0.2) is 5.60 Å². The molecule has 7 nitrogen and oxygen atoms in total. The molecule has 0 bridgehead atoms. The Balaban J connectivity index is 5.19. The quantitative estimate of drug-likeness (QED) is 0.295. The summed E-state index contributed by atoms with van der Waals surface area (Å²) in [6, 6.07) is 0. The zero-order valence-electron chi connectivity index (χ0n) is 7.15. The molecular formula is C6H13N3O4. The van der Waals surface area contributed by atoms with Crippen LogP contribution in [0.15, 0.2) is 0 Å². The van der Waals surface area contributed by atoms with Gasteiger partial charge >= 0.3 is 0 Å². The van der Waals surface area contributed by atoms with E-state index in [1.54, 1.807) is 0 Å². The second-order valence-corrected chi connectivity index (χ2v) is 2.71. The van der Waals surface area contributed by atoms with E-state index >= 15 is 0 Å². The van der Waals surface area contributed by atoms with Gasteiger partial charge in [-0.05, 0) is 6.42 Å². The fourth-order valence-electron chi connectivity index (χ4n) is 0.835. The molecule has 0 aromatic heterocycles. The third-order valence-corrected chi connectivity index (χ3v) is 1.93. The monoisotopic (exact) mass is 191 g/mol. The Morgan fingerprint density at radius 3 is 1.69 bits per heavy atom. The van der Waals surface area contributed by atoms with Gasteiger partial charge in [-0.1, -0.05) is 6.92 Å². The highest BCUT2D eigenvalue weighted by atomic mass is 16.4. The molecule has 13 heavy (non-hydrogen) atoms. The van der Waals surface area contributed by atoms with Gasteiger partial charge in [0.05, 0.1) is 0 Å². The summed E-state index contributed by atoms with van der Waals surface area (Å²) in [5.41, 5.74) is 9.04. The van der Waals surface area contributed by atoms with Crippen LogP contribution in [0.25, 0.3) is 0 Å². The molecule has 0 saturated heterocycles. The summed E-state index contributed by atoms with van der Waals surface area (Å²) in [5, 5.41) is 18.7. The van der Waals surface area contributed by atoms with Crippen molar-refractivity contribution in [1.29, 1.82) is 0 Å². The Bertz CT molecular complexity index is 240. The number of nitrogens with two attached hydrogens (primary N) is 3. The maximum absolute atomic E-state index is 10.7. The van der Waals surface area contributed by atoms with Crippen molar-refractivity contribution < 1.29 is 19.8 Å². The van der Waals surface area contributed by atoms with Gasteiger partial charge in [0.1, 0.15) is 0 Å². The molecule has 0 aromatic carbocycles. The van der Waals surface area contributed by atoms with E-state index < -0.39 is 23.1 Å². The molecule has 7 heteroatoms. The lowest BCUT2D eigenvalue weighted by molar-refractivity contribution is -0.181. The van der Waals surface area contributed by atoms with Crippen molar-refractivity contribution in [1.82, 2.24) is 0 Å². The molecule has 76 valence electrons. The summed E-state index contributed by atoms with van der Waals surface area (Å²) in [7, 11) is 0. The molecule has 2 amide bonds. The van der Waals surface area contributed by atoms with Crippen molar-refractivity contribution in [2.24, 2.45) is 17.2 Å². The SMILES string of the molecule is CCC(O)(C(N)=O)C(N)(O)C(N)=O. The summed E-state index contributed by atoms with van der Waals surface area (Å²) in [6.07, 6.45) is -0.321. The van der Waals surface area contributed by atoms with E-state index in [4.69, 9.17) is 11.5 Å². The van der Waals surface area contributed by atoms with E-state index in [2.05, 4.69) is 5.73 Å². The standard InChI is InChI=1S/C6H13N3O4/c1-2-5(12,3(7)10)6(9,13)4(8)11/h12-13H,2,9H2,1H3,(H2,7,10)(H2,8,11). The average Bonchev–Trinajstić information content (AvgIpc) is 2.01. The maximum atomic E-state index is 10.7. The summed E-state index contributed by atoms with van der Waals surface area (Å²) in [6.45, 7) is 1.32. The maximum Gasteiger partial charge on any atom is 0.268 e. The molecule has 0 radical (unpaired) electrons. The Morgan fingerprint density at radius 1 is 1.23 bits per heavy atom. The second-order valence-electron chi connectivity index (χ2n) is 2.71. The lowest BCUT2D eigenvalue weighted by Crippen LogP contribution is -2.72. The third-order valence-electron chi connectivity index (χ3n) is 1.93. The topological polar surface area (TPSA) is 153 Å². The molecule has 0 aliphatic rings. The molecule has 0 rings (SSSR count). The smallest absolute Gasteiger partial charge is 0.268 e. The third kappa shape index (κ3) is 1.62. The van der Waals surface area contributed by atoms with Crippen LogP contribution in [0.5, 0.6) is 0 Å². The van der Waals surface area contributed by atoms with Gasteiger partial charge in [-0.25, -0.2) is 0 Å². The Hall–Kier alpha value is -1.18. The first-order chi connectivity index (χ1) is 5.70. The molecule has 8 N–H and O–H groups in total. The van der Waals surface area contributed by atoms with Crippen LogP contribution in [0.1, 0.15) is 13.3 Å². The highest BCUT2D eigenvalue weighted by molar-refractivity contribution is 5.95. The summed E-state index contributed by atoms with van der Waals surface area (Å²) in [5.74, 6) is -2.73. The first kappa shape index (κ1) is 11.8. The number of aliphatic hydroxyl groups is 2. The number of carbonyl (C=O) groups is 2. The molecule has 0 spiro atoms. The van der Waals surface area contributed by atoms with Crippen LogP contribution in [0.2, 0.25) is 0 Å². The average molecular weight is 191 g/mol. The van der Waals surface area contributed by atoms with Crippen molar-refractivity contribution in [2.75, 3.05) is 0 Å². The van der Waals surface area contributed by atoms with Gasteiger partial charge in [0.25, 0.3) is 11.8 Å². The minimum atomic E-state index is -2.85. The molecule has 0 fully saturated rings. The van der Waals surface area contributed by atoms with Gasteiger partial charge in [-0.3, -0.25) is 15.3 Å². The molecule has 0 aliphatic carbocycles. The predicted octanol–water partition coefficient (Wildman–Crippen LogP) is -3.25. The largest absolute Gasteiger partial charge is 0.376 e. The highest BCUT2D eigenvalue weighted by Crippen LogP contribution is 2.20. The van der Waals surface area contributed by atoms with Crippen molar-refractivity contribution in [3.8, 4) is 0 Å². The molecule has 0 heterocycles.